The zero-order valence-electron chi connectivity index (χ0n) is 11.1. The van der Waals surface area contributed by atoms with Crippen molar-refractivity contribution < 1.29 is 96.6 Å². The maximum atomic E-state index is 9.12. The summed E-state index contributed by atoms with van der Waals surface area (Å²) in [6.45, 7) is -3.11. The molecule has 14 heteroatoms. The van der Waals surface area contributed by atoms with Crippen LogP contribution < -0.4 is 0 Å². The third kappa shape index (κ3) is 128. The molecule has 0 aromatic rings. The molecular weight excluding hydrogens is 409 g/mol. The Labute approximate surface area is 147 Å². The summed E-state index contributed by atoms with van der Waals surface area (Å²) in [5.74, 6) is -4.76. The van der Waals surface area contributed by atoms with Gasteiger partial charge in [-0.3, -0.25) is 0 Å². The van der Waals surface area contributed by atoms with Crippen molar-refractivity contribution in [3.63, 3.8) is 0 Å². The molecule has 12 nitrogen and oxygen atoms in total. The van der Waals surface area contributed by atoms with E-state index in [0.29, 0.717) is 0 Å². The molecule has 0 aliphatic rings. The normalized spacial score (nSPS) is 6.73. The Hall–Kier alpha value is -1.14. The largest absolute Gasteiger partial charge is 0.480 e. The van der Waals surface area contributed by atoms with E-state index in [1.54, 1.807) is 0 Å². The van der Waals surface area contributed by atoms with Crippen molar-refractivity contribution in [1.29, 1.82) is 0 Å². The Balaban J connectivity index is -0.0000000376. The molecule has 0 unspecified atom stereocenters. The van der Waals surface area contributed by atoms with Crippen molar-refractivity contribution in [2.75, 3.05) is 26.4 Å². The molecule has 0 aliphatic heterocycles. The third-order valence-corrected chi connectivity index (χ3v) is 0.541. The van der Waals surface area contributed by atoms with Gasteiger partial charge in [0.1, 0.15) is 26.4 Å². The first kappa shape index (κ1) is 37.3. The Kier molecular flexibility index (Phi) is 54.2. The molecule has 0 fully saturated rings. The van der Waals surface area contributed by atoms with Crippen molar-refractivity contribution >= 4 is 23.9 Å². The van der Waals surface area contributed by atoms with Gasteiger partial charge in [-0.15, -0.1) is 0 Å². The molecule has 0 bridgehead atoms. The Bertz CT molecular complexity index is 228. The summed E-state index contributed by atoms with van der Waals surface area (Å²) >= 11 is 0. The first-order valence-corrected chi connectivity index (χ1v) is 4.39. The van der Waals surface area contributed by atoms with Crippen LogP contribution in [0.15, 0.2) is 0 Å². The van der Waals surface area contributed by atoms with Gasteiger partial charge < -0.3 is 40.9 Å². The van der Waals surface area contributed by atoms with Crippen LogP contribution in [0.25, 0.3) is 0 Å². The maximum Gasteiger partial charge on any atom is 0.329 e. The molecule has 0 spiro atoms. The van der Waals surface area contributed by atoms with E-state index in [4.69, 9.17) is 60.0 Å². The van der Waals surface area contributed by atoms with Crippen LogP contribution in [-0.2, 0) is 55.7 Å². The summed E-state index contributed by atoms with van der Waals surface area (Å²) in [5.41, 5.74) is 0. The number of carboxylic acid groups (broad SMARTS) is 4. The smallest absolute Gasteiger partial charge is 0.329 e. The van der Waals surface area contributed by atoms with E-state index in [1.807, 2.05) is 0 Å². The number of aliphatic carboxylic acids is 4. The molecule has 0 aromatic carbocycles. The van der Waals surface area contributed by atoms with E-state index in [-0.39, 0.29) is 36.5 Å². The van der Waals surface area contributed by atoms with Crippen LogP contribution in [0.4, 0.5) is 0 Å². The van der Waals surface area contributed by atoms with Crippen molar-refractivity contribution in [3.8, 4) is 0 Å². The fourth-order valence-corrected chi connectivity index (χ4v) is 0. The zero-order valence-corrected chi connectivity index (χ0v) is 15.2. The number of hydrogen-bond donors (Lipinski definition) is 8. The Morgan fingerprint density at radius 2 is 0.545 bits per heavy atom. The summed E-state index contributed by atoms with van der Waals surface area (Å²) in [6, 6.07) is 0. The summed E-state index contributed by atoms with van der Waals surface area (Å²) in [6.07, 6.45) is 0. The van der Waals surface area contributed by atoms with E-state index in [9.17, 15) is 0 Å². The molecule has 22 heavy (non-hydrogen) atoms. The van der Waals surface area contributed by atoms with E-state index in [1.165, 1.54) is 0 Å². The van der Waals surface area contributed by atoms with Gasteiger partial charge in [0.2, 0.25) is 0 Å². The summed E-state index contributed by atoms with van der Waals surface area (Å²) < 4.78 is 0. The van der Waals surface area contributed by atoms with Crippen LogP contribution in [0.2, 0.25) is 0 Å². The molecule has 0 aliphatic carbocycles. The first-order valence-electron chi connectivity index (χ1n) is 4.39. The average molecular weight is 425 g/mol. The molecule has 0 saturated carbocycles. The van der Waals surface area contributed by atoms with E-state index < -0.39 is 50.3 Å². The van der Waals surface area contributed by atoms with Crippen molar-refractivity contribution in [2.45, 2.75) is 0 Å². The second-order valence-electron chi connectivity index (χ2n) is 2.21. The number of hydrogen-bond acceptors (Lipinski definition) is 8. The predicted octanol–water partition coefficient (Wildman–Crippen LogP) is -3.75. The minimum absolute atomic E-state index is 0. The summed E-state index contributed by atoms with van der Waals surface area (Å²) in [7, 11) is 0. The minimum Gasteiger partial charge on any atom is -0.480 e. The van der Waals surface area contributed by atoms with Gasteiger partial charge in [-0.25, -0.2) is 19.2 Å². The standard InChI is InChI=1S/4C2H4O3.Fe.Zn/c4*3-1-2(4)5;;/h4*3H,1H2,(H,4,5);;. The predicted molar refractivity (Wildman–Crippen MR) is 58.9 cm³/mol. The third-order valence-electron chi connectivity index (χ3n) is 0.541. The molecule has 0 rings (SSSR count). The molecule has 130 valence electrons. The van der Waals surface area contributed by atoms with E-state index >= 15 is 0 Å². The van der Waals surface area contributed by atoms with Crippen LogP contribution >= 0.6 is 0 Å². The van der Waals surface area contributed by atoms with Gasteiger partial charge in [-0.05, 0) is 0 Å². The molecule has 8 N–H and O–H groups in total. The minimum atomic E-state index is -1.19. The van der Waals surface area contributed by atoms with Crippen LogP contribution in [0, 0.1) is 0 Å². The second-order valence-corrected chi connectivity index (χ2v) is 2.21. The summed E-state index contributed by atoms with van der Waals surface area (Å²) in [4.78, 5) is 36.5. The van der Waals surface area contributed by atoms with Crippen molar-refractivity contribution in [3.05, 3.63) is 0 Å². The van der Waals surface area contributed by atoms with Gasteiger partial charge in [0.25, 0.3) is 0 Å². The Morgan fingerprint density at radius 1 is 0.500 bits per heavy atom. The molecule has 0 heterocycles. The van der Waals surface area contributed by atoms with Gasteiger partial charge >= 0.3 is 23.9 Å². The molecule has 0 aromatic heterocycles. The van der Waals surface area contributed by atoms with Crippen molar-refractivity contribution in [2.24, 2.45) is 0 Å². The van der Waals surface area contributed by atoms with Crippen LogP contribution in [-0.4, -0.2) is 91.2 Å². The van der Waals surface area contributed by atoms with Crippen LogP contribution in [0.1, 0.15) is 0 Å². The second kappa shape index (κ2) is 32.0. The quantitative estimate of drug-likeness (QED) is 0.203. The number of aliphatic hydroxyl groups excluding tert-OH is 4. The number of aliphatic hydroxyl groups is 4. The monoisotopic (exact) mass is 424 g/mol. The fraction of sp³-hybridized carbons (Fsp3) is 0.500. The Morgan fingerprint density at radius 3 is 0.545 bits per heavy atom. The van der Waals surface area contributed by atoms with Gasteiger partial charge in [0.15, 0.2) is 0 Å². The molecule has 0 radical (unpaired) electrons. The van der Waals surface area contributed by atoms with Crippen LogP contribution in [0.3, 0.4) is 0 Å². The number of carbonyl (C=O) groups is 4. The SMILES string of the molecule is O=C(O)CO.O=C(O)CO.O=C(O)CO.O=C(O)CO.[Fe].[Zn]. The van der Waals surface area contributed by atoms with Crippen LogP contribution in [0.5, 0.6) is 0 Å². The molecular formula is C8H16FeO12Zn. The first-order chi connectivity index (χ1) is 9.08. The van der Waals surface area contributed by atoms with Gasteiger partial charge in [-0.2, -0.15) is 0 Å². The zero-order chi connectivity index (χ0) is 17.1. The number of carboxylic acids is 4. The van der Waals surface area contributed by atoms with Crippen molar-refractivity contribution in [1.82, 2.24) is 0 Å². The molecule has 0 amide bonds. The fourth-order valence-electron chi connectivity index (χ4n) is 0. The topological polar surface area (TPSA) is 230 Å². The average Bonchev–Trinajstić information content (AvgIpc) is 2.40. The maximum absolute atomic E-state index is 9.12. The van der Waals surface area contributed by atoms with Gasteiger partial charge in [0, 0.05) is 36.5 Å². The van der Waals surface area contributed by atoms with Gasteiger partial charge in [0.05, 0.1) is 0 Å². The number of rotatable bonds is 4. The van der Waals surface area contributed by atoms with Gasteiger partial charge in [-0.1, -0.05) is 0 Å². The molecule has 0 saturated heterocycles. The van der Waals surface area contributed by atoms with E-state index in [2.05, 4.69) is 0 Å². The molecule has 0 atom stereocenters. The van der Waals surface area contributed by atoms with E-state index in [0.717, 1.165) is 0 Å². The summed E-state index contributed by atoms with van der Waals surface area (Å²) in [5, 5.41) is 60.1.